The molecule has 1 aliphatic rings. The lowest BCUT2D eigenvalue weighted by Crippen LogP contribution is -2.60. The molecule has 1 aliphatic heterocycles. The standard InChI is InChI=1S/C15H30O8/c1-2-3-4-5-6-21-9-10(7-16)22-15-14(20)13(19)12(18)11(8-17)23-15/h10-20H,2-9H2,1H3/t10-,11+,12-,13-,14+,15+/m0/s1. The summed E-state index contributed by atoms with van der Waals surface area (Å²) in [5.41, 5.74) is 0. The second-order valence-electron chi connectivity index (χ2n) is 5.77. The van der Waals surface area contributed by atoms with Gasteiger partial charge in [0.2, 0.25) is 0 Å². The van der Waals surface area contributed by atoms with Crippen LogP contribution in [-0.4, -0.2) is 88.8 Å². The summed E-state index contributed by atoms with van der Waals surface area (Å²) in [6.45, 7) is 1.93. The van der Waals surface area contributed by atoms with Crippen LogP contribution in [0.4, 0.5) is 0 Å². The molecule has 5 N–H and O–H groups in total. The lowest BCUT2D eigenvalue weighted by atomic mass is 9.99. The third-order valence-electron chi connectivity index (χ3n) is 3.82. The summed E-state index contributed by atoms with van der Waals surface area (Å²) in [5, 5.41) is 47.7. The van der Waals surface area contributed by atoms with Crippen LogP contribution in [0.3, 0.4) is 0 Å². The molecule has 6 atom stereocenters. The Kier molecular flexibility index (Phi) is 10.2. The van der Waals surface area contributed by atoms with Gasteiger partial charge >= 0.3 is 0 Å². The number of hydrogen-bond donors (Lipinski definition) is 5. The zero-order valence-electron chi connectivity index (χ0n) is 13.6. The number of hydrogen-bond acceptors (Lipinski definition) is 8. The summed E-state index contributed by atoms with van der Waals surface area (Å²) in [7, 11) is 0. The molecular formula is C15H30O8. The molecule has 0 saturated carbocycles. The zero-order valence-corrected chi connectivity index (χ0v) is 13.6. The molecule has 8 nitrogen and oxygen atoms in total. The third-order valence-corrected chi connectivity index (χ3v) is 3.82. The SMILES string of the molecule is CCCCCCOC[C@H](CO)O[C@@H]1O[C@H](CO)[C@H](O)[C@H](O)[C@H]1O. The summed E-state index contributed by atoms with van der Waals surface area (Å²) in [6, 6.07) is 0. The highest BCUT2D eigenvalue weighted by Gasteiger charge is 2.44. The van der Waals surface area contributed by atoms with Gasteiger partial charge in [-0.15, -0.1) is 0 Å². The molecule has 1 saturated heterocycles. The normalized spacial score (nSPS) is 32.9. The fourth-order valence-electron chi connectivity index (χ4n) is 2.35. The summed E-state index contributed by atoms with van der Waals surface area (Å²) in [4.78, 5) is 0. The Bertz CT molecular complexity index is 301. The highest BCUT2D eigenvalue weighted by molar-refractivity contribution is 4.89. The maximum atomic E-state index is 9.87. The van der Waals surface area contributed by atoms with Gasteiger partial charge in [-0.3, -0.25) is 0 Å². The summed E-state index contributed by atoms with van der Waals surface area (Å²) >= 11 is 0. The molecule has 0 aromatic heterocycles. The van der Waals surface area contributed by atoms with Gasteiger partial charge in [0.1, 0.15) is 30.5 Å². The van der Waals surface area contributed by atoms with E-state index in [0.717, 1.165) is 25.7 Å². The van der Waals surface area contributed by atoms with E-state index in [2.05, 4.69) is 6.92 Å². The molecule has 1 fully saturated rings. The fourth-order valence-corrected chi connectivity index (χ4v) is 2.35. The molecule has 0 amide bonds. The topological polar surface area (TPSA) is 129 Å². The minimum absolute atomic E-state index is 0.123. The van der Waals surface area contributed by atoms with E-state index in [-0.39, 0.29) is 13.2 Å². The first kappa shape index (κ1) is 20.7. The fraction of sp³-hybridized carbons (Fsp3) is 1.00. The van der Waals surface area contributed by atoms with Gasteiger partial charge in [0.05, 0.1) is 19.8 Å². The average Bonchev–Trinajstić information content (AvgIpc) is 2.56. The number of unbranched alkanes of at least 4 members (excludes halogenated alkanes) is 3. The highest BCUT2D eigenvalue weighted by Crippen LogP contribution is 2.22. The molecule has 0 radical (unpaired) electrons. The second kappa shape index (κ2) is 11.3. The van der Waals surface area contributed by atoms with Crippen molar-refractivity contribution in [2.45, 2.75) is 69.4 Å². The van der Waals surface area contributed by atoms with Crippen LogP contribution < -0.4 is 0 Å². The van der Waals surface area contributed by atoms with Crippen molar-refractivity contribution in [1.82, 2.24) is 0 Å². The van der Waals surface area contributed by atoms with Crippen LogP contribution in [0.2, 0.25) is 0 Å². The molecule has 23 heavy (non-hydrogen) atoms. The summed E-state index contributed by atoms with van der Waals surface area (Å²) in [6.07, 6.45) is -3.15. The first-order valence-electron chi connectivity index (χ1n) is 8.19. The van der Waals surface area contributed by atoms with Gasteiger partial charge in [-0.1, -0.05) is 26.2 Å². The summed E-state index contributed by atoms with van der Waals surface area (Å²) in [5.74, 6) is 0. The van der Waals surface area contributed by atoms with Crippen molar-refractivity contribution in [2.75, 3.05) is 26.4 Å². The van der Waals surface area contributed by atoms with Gasteiger partial charge in [-0.2, -0.15) is 0 Å². The van der Waals surface area contributed by atoms with Crippen LogP contribution in [0.5, 0.6) is 0 Å². The molecule has 0 unspecified atom stereocenters. The van der Waals surface area contributed by atoms with Crippen molar-refractivity contribution in [3.05, 3.63) is 0 Å². The van der Waals surface area contributed by atoms with Crippen molar-refractivity contribution in [3.8, 4) is 0 Å². The van der Waals surface area contributed by atoms with E-state index in [1.807, 2.05) is 0 Å². The van der Waals surface area contributed by atoms with E-state index >= 15 is 0 Å². The zero-order chi connectivity index (χ0) is 17.2. The minimum atomic E-state index is -1.50. The van der Waals surface area contributed by atoms with E-state index in [1.165, 1.54) is 0 Å². The van der Waals surface area contributed by atoms with Gasteiger partial charge in [0.25, 0.3) is 0 Å². The van der Waals surface area contributed by atoms with Crippen molar-refractivity contribution < 1.29 is 39.7 Å². The van der Waals surface area contributed by atoms with E-state index in [4.69, 9.17) is 19.3 Å². The third kappa shape index (κ3) is 6.60. The first-order chi connectivity index (χ1) is 11.0. The van der Waals surface area contributed by atoms with Gasteiger partial charge in [-0.25, -0.2) is 0 Å². The van der Waals surface area contributed by atoms with Crippen LogP contribution in [0.15, 0.2) is 0 Å². The Morgan fingerprint density at radius 1 is 1.00 bits per heavy atom. The van der Waals surface area contributed by atoms with Crippen LogP contribution in [0, 0.1) is 0 Å². The predicted molar refractivity (Wildman–Crippen MR) is 80.7 cm³/mol. The Morgan fingerprint density at radius 3 is 2.35 bits per heavy atom. The molecule has 0 aliphatic carbocycles. The monoisotopic (exact) mass is 338 g/mol. The van der Waals surface area contributed by atoms with E-state index in [0.29, 0.717) is 6.61 Å². The molecule has 0 aromatic carbocycles. The van der Waals surface area contributed by atoms with Gasteiger partial charge in [-0.05, 0) is 6.42 Å². The molecule has 1 heterocycles. The molecular weight excluding hydrogens is 308 g/mol. The molecule has 1 rings (SSSR count). The Morgan fingerprint density at radius 2 is 1.74 bits per heavy atom. The number of aliphatic hydroxyl groups is 5. The van der Waals surface area contributed by atoms with E-state index < -0.39 is 43.4 Å². The maximum Gasteiger partial charge on any atom is 0.187 e. The van der Waals surface area contributed by atoms with E-state index in [1.54, 1.807) is 0 Å². The van der Waals surface area contributed by atoms with Crippen molar-refractivity contribution in [2.24, 2.45) is 0 Å². The van der Waals surface area contributed by atoms with Crippen LogP contribution in [0.25, 0.3) is 0 Å². The highest BCUT2D eigenvalue weighted by atomic mass is 16.7. The molecule has 0 bridgehead atoms. The number of ether oxygens (including phenoxy) is 3. The summed E-state index contributed by atoms with van der Waals surface area (Å²) < 4.78 is 16.1. The number of rotatable bonds is 11. The average molecular weight is 338 g/mol. The Balaban J connectivity index is 2.38. The second-order valence-corrected chi connectivity index (χ2v) is 5.77. The lowest BCUT2D eigenvalue weighted by Gasteiger charge is -2.40. The van der Waals surface area contributed by atoms with E-state index in [9.17, 15) is 20.4 Å². The Hall–Kier alpha value is -0.320. The van der Waals surface area contributed by atoms with Crippen LogP contribution in [-0.2, 0) is 14.2 Å². The first-order valence-corrected chi connectivity index (χ1v) is 8.19. The van der Waals surface area contributed by atoms with Crippen LogP contribution >= 0.6 is 0 Å². The number of aliphatic hydroxyl groups excluding tert-OH is 5. The van der Waals surface area contributed by atoms with Crippen LogP contribution in [0.1, 0.15) is 32.6 Å². The smallest absolute Gasteiger partial charge is 0.187 e. The minimum Gasteiger partial charge on any atom is -0.394 e. The van der Waals surface area contributed by atoms with Crippen molar-refractivity contribution >= 4 is 0 Å². The van der Waals surface area contributed by atoms with Gasteiger partial charge in [0.15, 0.2) is 6.29 Å². The molecule has 8 heteroatoms. The van der Waals surface area contributed by atoms with Crippen molar-refractivity contribution in [3.63, 3.8) is 0 Å². The maximum absolute atomic E-state index is 9.87. The van der Waals surface area contributed by atoms with Gasteiger partial charge < -0.3 is 39.7 Å². The predicted octanol–water partition coefficient (Wildman–Crippen LogP) is -1.24. The Labute approximate surface area is 136 Å². The molecule has 138 valence electrons. The quantitative estimate of drug-likeness (QED) is 0.296. The van der Waals surface area contributed by atoms with Crippen molar-refractivity contribution in [1.29, 1.82) is 0 Å². The molecule has 0 aromatic rings. The largest absolute Gasteiger partial charge is 0.394 e. The lowest BCUT2D eigenvalue weighted by molar-refractivity contribution is -0.315. The van der Waals surface area contributed by atoms with Gasteiger partial charge in [0, 0.05) is 6.61 Å². The molecule has 0 spiro atoms.